The molecule has 1 aromatic carbocycles. The number of nitro benzene ring substituents is 1. The lowest BCUT2D eigenvalue weighted by atomic mass is 10.2. The minimum atomic E-state index is -0.472. The van der Waals surface area contributed by atoms with Gasteiger partial charge in [0.1, 0.15) is 11.6 Å². The third-order valence-corrected chi connectivity index (χ3v) is 2.09. The van der Waals surface area contributed by atoms with E-state index >= 15 is 0 Å². The largest absolute Gasteiger partial charge is 0.456 e. The van der Waals surface area contributed by atoms with Gasteiger partial charge in [-0.2, -0.15) is 0 Å². The van der Waals surface area contributed by atoms with Crippen molar-refractivity contribution in [2.45, 2.75) is 6.92 Å². The van der Waals surface area contributed by atoms with Crippen molar-refractivity contribution in [2.75, 3.05) is 5.32 Å². The Morgan fingerprint density at radius 3 is 2.93 bits per heavy atom. The smallest absolute Gasteiger partial charge is 0.273 e. The van der Waals surface area contributed by atoms with Crippen molar-refractivity contribution in [3.05, 3.63) is 39.9 Å². The van der Waals surface area contributed by atoms with E-state index in [4.69, 9.17) is 10.5 Å². The Morgan fingerprint density at radius 1 is 1.53 bits per heavy atom. The number of nitrogens with one attached hydrogen (secondary N) is 1. The predicted molar refractivity (Wildman–Crippen MR) is 54.2 cm³/mol. The Hall–Kier alpha value is -2.24. The summed E-state index contributed by atoms with van der Waals surface area (Å²) in [6.45, 7) is 1.68. The van der Waals surface area contributed by atoms with Gasteiger partial charge < -0.3 is 15.8 Å². The number of hydrogen-bond donors (Lipinski definition) is 2. The van der Waals surface area contributed by atoms with Gasteiger partial charge in [-0.15, -0.1) is 0 Å². The molecule has 0 spiro atoms. The second kappa shape index (κ2) is 3.16. The summed E-state index contributed by atoms with van der Waals surface area (Å²) in [6.07, 6.45) is 0. The summed E-state index contributed by atoms with van der Waals surface area (Å²) in [5, 5.41) is 13.4. The highest BCUT2D eigenvalue weighted by molar-refractivity contribution is 5.65. The molecular formula is C9H9N3O3. The molecule has 3 N–H and O–H groups in total. The van der Waals surface area contributed by atoms with Crippen molar-refractivity contribution in [1.29, 1.82) is 0 Å². The molecule has 0 radical (unpaired) electrons. The van der Waals surface area contributed by atoms with Gasteiger partial charge in [0, 0.05) is 6.07 Å². The van der Waals surface area contributed by atoms with E-state index < -0.39 is 4.92 Å². The molecule has 0 fully saturated rings. The predicted octanol–water partition coefficient (Wildman–Crippen LogP) is 1.55. The van der Waals surface area contributed by atoms with Gasteiger partial charge in [0.15, 0.2) is 5.75 Å². The van der Waals surface area contributed by atoms with E-state index in [1.54, 1.807) is 13.0 Å². The molecule has 0 aromatic heterocycles. The van der Waals surface area contributed by atoms with Crippen molar-refractivity contribution in [3.63, 3.8) is 0 Å². The second-order valence-electron chi connectivity index (χ2n) is 3.13. The molecule has 0 unspecified atom stereocenters. The summed E-state index contributed by atoms with van der Waals surface area (Å²) in [7, 11) is 0. The molecule has 0 bridgehead atoms. The van der Waals surface area contributed by atoms with Crippen molar-refractivity contribution in [1.82, 2.24) is 0 Å². The molecule has 0 aliphatic carbocycles. The standard InChI is InChI=1S/C9H9N3O3/c1-5-9(10)11-7-3-2-6(12(13)14)4-8(7)15-5/h2-4,11H,10H2,1H3. The number of anilines is 1. The highest BCUT2D eigenvalue weighted by Gasteiger charge is 2.17. The molecule has 1 heterocycles. The van der Waals surface area contributed by atoms with E-state index in [1.807, 2.05) is 0 Å². The number of fused-ring (bicyclic) bond motifs is 1. The number of benzene rings is 1. The fourth-order valence-corrected chi connectivity index (χ4v) is 1.27. The Bertz CT molecular complexity index is 468. The Morgan fingerprint density at radius 2 is 2.27 bits per heavy atom. The van der Waals surface area contributed by atoms with Crippen LogP contribution in [0.15, 0.2) is 29.8 Å². The number of nitrogens with zero attached hydrogens (tertiary/aromatic N) is 1. The number of non-ortho nitro benzene ring substituents is 1. The maximum Gasteiger partial charge on any atom is 0.273 e. The van der Waals surface area contributed by atoms with E-state index in [-0.39, 0.29) is 5.69 Å². The molecule has 0 saturated heterocycles. The molecule has 15 heavy (non-hydrogen) atoms. The van der Waals surface area contributed by atoms with Gasteiger partial charge in [0.2, 0.25) is 0 Å². The molecule has 6 heteroatoms. The van der Waals surface area contributed by atoms with Gasteiger partial charge in [-0.3, -0.25) is 10.1 Å². The van der Waals surface area contributed by atoms with Crippen molar-refractivity contribution in [2.24, 2.45) is 5.73 Å². The normalized spacial score (nSPS) is 13.9. The van der Waals surface area contributed by atoms with Crippen molar-refractivity contribution in [3.8, 4) is 5.75 Å². The third-order valence-electron chi connectivity index (χ3n) is 2.09. The number of nitro groups is 1. The molecule has 0 amide bonds. The lowest BCUT2D eigenvalue weighted by molar-refractivity contribution is -0.384. The van der Waals surface area contributed by atoms with Gasteiger partial charge in [-0.1, -0.05) is 0 Å². The molecule has 78 valence electrons. The van der Waals surface area contributed by atoms with E-state index in [2.05, 4.69) is 5.32 Å². The van der Waals surface area contributed by atoms with E-state index in [1.165, 1.54) is 12.1 Å². The van der Waals surface area contributed by atoms with Gasteiger partial charge in [-0.05, 0) is 13.0 Å². The molecule has 1 aliphatic heterocycles. The minimum Gasteiger partial charge on any atom is -0.456 e. The SMILES string of the molecule is CC1=C(N)Nc2ccc([N+](=O)[O-])cc2O1. The number of hydrogen-bond acceptors (Lipinski definition) is 5. The number of ether oxygens (including phenoxy) is 1. The minimum absolute atomic E-state index is 0.0104. The molecular weight excluding hydrogens is 198 g/mol. The fourth-order valence-electron chi connectivity index (χ4n) is 1.27. The summed E-state index contributed by atoms with van der Waals surface area (Å²) >= 11 is 0. The van der Waals surface area contributed by atoms with Crippen LogP contribution in [0.5, 0.6) is 5.75 Å². The van der Waals surface area contributed by atoms with Gasteiger partial charge in [0.05, 0.1) is 16.7 Å². The van der Waals surface area contributed by atoms with Crippen LogP contribution >= 0.6 is 0 Å². The highest BCUT2D eigenvalue weighted by Crippen LogP contribution is 2.34. The van der Waals surface area contributed by atoms with Crippen LogP contribution in [-0.4, -0.2) is 4.92 Å². The van der Waals surface area contributed by atoms with Crippen LogP contribution in [0.3, 0.4) is 0 Å². The van der Waals surface area contributed by atoms with E-state index in [0.717, 1.165) is 0 Å². The first-order chi connectivity index (χ1) is 7.08. The van der Waals surface area contributed by atoms with Gasteiger partial charge in [-0.25, -0.2) is 0 Å². The van der Waals surface area contributed by atoms with Crippen LogP contribution in [0.4, 0.5) is 11.4 Å². The van der Waals surface area contributed by atoms with Gasteiger partial charge in [0.25, 0.3) is 5.69 Å². The van der Waals surface area contributed by atoms with Crippen LogP contribution < -0.4 is 15.8 Å². The molecule has 0 atom stereocenters. The first kappa shape index (κ1) is 9.32. The maximum atomic E-state index is 10.5. The first-order valence-corrected chi connectivity index (χ1v) is 4.27. The fraction of sp³-hybridized carbons (Fsp3) is 0.111. The van der Waals surface area contributed by atoms with E-state index in [9.17, 15) is 10.1 Å². The van der Waals surface area contributed by atoms with Crippen LogP contribution in [0.2, 0.25) is 0 Å². The zero-order valence-electron chi connectivity index (χ0n) is 7.98. The van der Waals surface area contributed by atoms with Crippen molar-refractivity contribution >= 4 is 11.4 Å². The summed E-state index contributed by atoms with van der Waals surface area (Å²) in [6, 6.07) is 4.31. The van der Waals surface area contributed by atoms with Gasteiger partial charge >= 0.3 is 0 Å². The molecule has 6 nitrogen and oxygen atoms in total. The average Bonchev–Trinajstić information content (AvgIpc) is 2.19. The lowest BCUT2D eigenvalue weighted by Crippen LogP contribution is -2.18. The Labute approximate surface area is 85.5 Å². The van der Waals surface area contributed by atoms with Crippen LogP contribution in [0, 0.1) is 10.1 Å². The molecule has 0 saturated carbocycles. The summed E-state index contributed by atoms with van der Waals surface area (Å²) in [5.74, 6) is 1.33. The Balaban J connectivity index is 2.43. The maximum absolute atomic E-state index is 10.5. The summed E-state index contributed by atoms with van der Waals surface area (Å²) in [5.41, 5.74) is 6.22. The third kappa shape index (κ3) is 1.56. The lowest BCUT2D eigenvalue weighted by Gasteiger charge is -2.20. The quantitative estimate of drug-likeness (QED) is 0.538. The molecule has 1 aliphatic rings. The highest BCUT2D eigenvalue weighted by atomic mass is 16.6. The zero-order chi connectivity index (χ0) is 11.0. The van der Waals surface area contributed by atoms with Crippen molar-refractivity contribution < 1.29 is 9.66 Å². The Kier molecular flexibility index (Phi) is 1.96. The first-order valence-electron chi connectivity index (χ1n) is 4.27. The average molecular weight is 207 g/mol. The number of allylic oxidation sites excluding steroid dienone is 1. The van der Waals surface area contributed by atoms with E-state index in [0.29, 0.717) is 23.0 Å². The molecule has 1 aromatic rings. The topological polar surface area (TPSA) is 90.4 Å². The number of rotatable bonds is 1. The van der Waals surface area contributed by atoms with Crippen LogP contribution in [0.1, 0.15) is 6.92 Å². The second-order valence-corrected chi connectivity index (χ2v) is 3.13. The zero-order valence-corrected chi connectivity index (χ0v) is 7.98. The summed E-state index contributed by atoms with van der Waals surface area (Å²) < 4.78 is 5.32. The van der Waals surface area contributed by atoms with Crippen LogP contribution in [0.25, 0.3) is 0 Å². The van der Waals surface area contributed by atoms with Crippen LogP contribution in [-0.2, 0) is 0 Å². The monoisotopic (exact) mass is 207 g/mol. The summed E-state index contributed by atoms with van der Waals surface area (Å²) in [4.78, 5) is 10.1. The number of nitrogens with two attached hydrogens (primary N) is 1. The molecule has 2 rings (SSSR count).